The summed E-state index contributed by atoms with van der Waals surface area (Å²) in [4.78, 5) is 10.9. The van der Waals surface area contributed by atoms with Gasteiger partial charge >= 0.3 is 0 Å². The van der Waals surface area contributed by atoms with Crippen molar-refractivity contribution in [1.82, 2.24) is 14.9 Å². The Morgan fingerprint density at radius 2 is 2.05 bits per heavy atom. The fraction of sp³-hybridized carbons (Fsp3) is 0.667. The summed E-state index contributed by atoms with van der Waals surface area (Å²) in [6.45, 7) is 1.47. The zero-order chi connectivity index (χ0) is 13.9. The maximum atomic E-state index is 11.3. The molecule has 1 saturated heterocycles. The molecule has 0 saturated carbocycles. The molecule has 0 amide bonds. The van der Waals surface area contributed by atoms with Gasteiger partial charge in [-0.25, -0.2) is 18.4 Å². The van der Waals surface area contributed by atoms with Crippen LogP contribution in [0.25, 0.3) is 0 Å². The fourth-order valence-corrected chi connectivity index (χ4v) is 3.10. The third-order valence-electron chi connectivity index (χ3n) is 3.30. The van der Waals surface area contributed by atoms with Gasteiger partial charge in [-0.15, -0.1) is 0 Å². The molecule has 1 aromatic rings. The van der Waals surface area contributed by atoms with Crippen molar-refractivity contribution in [3.8, 4) is 0 Å². The lowest BCUT2D eigenvalue weighted by Gasteiger charge is -2.34. The van der Waals surface area contributed by atoms with E-state index in [2.05, 4.69) is 30.8 Å². The fourth-order valence-electron chi connectivity index (χ4n) is 2.33. The van der Waals surface area contributed by atoms with E-state index < -0.39 is 9.84 Å². The van der Waals surface area contributed by atoms with Crippen LogP contribution in [-0.2, 0) is 9.84 Å². The SMILES string of the molecule is CS(=O)(=O)CCN1CCCCC1c1ncc(Br)cn1. The summed E-state index contributed by atoms with van der Waals surface area (Å²) < 4.78 is 23.5. The van der Waals surface area contributed by atoms with Crippen LogP contribution in [0.2, 0.25) is 0 Å². The van der Waals surface area contributed by atoms with Crippen molar-refractivity contribution >= 4 is 25.8 Å². The molecule has 7 heteroatoms. The third-order valence-corrected chi connectivity index (χ3v) is 4.63. The summed E-state index contributed by atoms with van der Waals surface area (Å²) in [5, 5.41) is 0. The molecular formula is C12H18BrN3O2S. The summed E-state index contributed by atoms with van der Waals surface area (Å²) >= 11 is 3.32. The first-order valence-electron chi connectivity index (χ1n) is 6.35. The molecule has 1 unspecified atom stereocenters. The highest BCUT2D eigenvalue weighted by atomic mass is 79.9. The highest BCUT2D eigenvalue weighted by Gasteiger charge is 2.26. The smallest absolute Gasteiger partial charge is 0.148 e. The lowest BCUT2D eigenvalue weighted by Crippen LogP contribution is -2.37. The topological polar surface area (TPSA) is 63.2 Å². The van der Waals surface area contributed by atoms with Crippen molar-refractivity contribution < 1.29 is 8.42 Å². The van der Waals surface area contributed by atoms with E-state index in [1.165, 1.54) is 6.26 Å². The van der Waals surface area contributed by atoms with Crippen LogP contribution in [0.5, 0.6) is 0 Å². The first-order chi connectivity index (χ1) is 8.96. The molecule has 2 heterocycles. The van der Waals surface area contributed by atoms with Crippen molar-refractivity contribution in [2.24, 2.45) is 0 Å². The van der Waals surface area contributed by atoms with E-state index in [0.717, 1.165) is 36.1 Å². The summed E-state index contributed by atoms with van der Waals surface area (Å²) in [7, 11) is -2.93. The minimum absolute atomic E-state index is 0.142. The largest absolute Gasteiger partial charge is 0.292 e. The quantitative estimate of drug-likeness (QED) is 0.831. The van der Waals surface area contributed by atoms with Crippen molar-refractivity contribution in [3.63, 3.8) is 0 Å². The van der Waals surface area contributed by atoms with Crippen molar-refractivity contribution in [1.29, 1.82) is 0 Å². The van der Waals surface area contributed by atoms with Gasteiger partial charge in [0.05, 0.1) is 16.3 Å². The van der Waals surface area contributed by atoms with Crippen LogP contribution in [0.4, 0.5) is 0 Å². The molecule has 1 fully saturated rings. The van der Waals surface area contributed by atoms with Gasteiger partial charge in [0, 0.05) is 25.2 Å². The monoisotopic (exact) mass is 347 g/mol. The van der Waals surface area contributed by atoms with E-state index >= 15 is 0 Å². The second-order valence-electron chi connectivity index (χ2n) is 4.94. The average Bonchev–Trinajstić information content (AvgIpc) is 2.37. The van der Waals surface area contributed by atoms with Crippen LogP contribution in [0.3, 0.4) is 0 Å². The van der Waals surface area contributed by atoms with Gasteiger partial charge in [-0.3, -0.25) is 4.90 Å². The highest BCUT2D eigenvalue weighted by molar-refractivity contribution is 9.10. The zero-order valence-electron chi connectivity index (χ0n) is 10.9. The number of piperidine rings is 1. The molecule has 0 aliphatic carbocycles. The first kappa shape index (κ1) is 14.9. The predicted octanol–water partition coefficient (Wildman–Crippen LogP) is 1.81. The van der Waals surface area contributed by atoms with Crippen molar-refractivity contribution in [2.75, 3.05) is 25.1 Å². The molecule has 5 nitrogen and oxygen atoms in total. The Hall–Kier alpha value is -0.530. The molecular weight excluding hydrogens is 330 g/mol. The van der Waals surface area contributed by atoms with Gasteiger partial charge < -0.3 is 0 Å². The lowest BCUT2D eigenvalue weighted by atomic mass is 10.0. The number of hydrogen-bond donors (Lipinski definition) is 0. The van der Waals surface area contributed by atoms with E-state index in [0.29, 0.717) is 6.54 Å². The lowest BCUT2D eigenvalue weighted by molar-refractivity contribution is 0.151. The summed E-state index contributed by atoms with van der Waals surface area (Å²) in [5.41, 5.74) is 0. The van der Waals surface area contributed by atoms with Gasteiger partial charge in [0.25, 0.3) is 0 Å². The molecule has 0 N–H and O–H groups in total. The Balaban J connectivity index is 2.09. The molecule has 1 atom stereocenters. The van der Waals surface area contributed by atoms with Crippen molar-refractivity contribution in [2.45, 2.75) is 25.3 Å². The average molecular weight is 348 g/mol. The van der Waals surface area contributed by atoms with Crippen LogP contribution >= 0.6 is 15.9 Å². The van der Waals surface area contributed by atoms with Gasteiger partial charge in [0.2, 0.25) is 0 Å². The molecule has 2 rings (SSSR count). The summed E-state index contributed by atoms with van der Waals surface area (Å²) in [5.74, 6) is 0.983. The molecule has 0 aromatic carbocycles. The maximum Gasteiger partial charge on any atom is 0.148 e. The molecule has 106 valence electrons. The Morgan fingerprint density at radius 3 is 2.68 bits per heavy atom. The van der Waals surface area contributed by atoms with Crippen LogP contribution in [-0.4, -0.2) is 48.4 Å². The highest BCUT2D eigenvalue weighted by Crippen LogP contribution is 2.28. The van der Waals surface area contributed by atoms with Gasteiger partial charge in [-0.05, 0) is 35.3 Å². The summed E-state index contributed by atoms with van der Waals surface area (Å²) in [6, 6.07) is 0.142. The first-order valence-corrected chi connectivity index (χ1v) is 9.20. The number of nitrogens with zero attached hydrogens (tertiary/aromatic N) is 3. The predicted molar refractivity (Wildman–Crippen MR) is 77.6 cm³/mol. The van der Waals surface area contributed by atoms with Crippen LogP contribution in [0, 0.1) is 0 Å². The molecule has 19 heavy (non-hydrogen) atoms. The van der Waals surface area contributed by atoms with Crippen LogP contribution in [0.15, 0.2) is 16.9 Å². The summed E-state index contributed by atoms with van der Waals surface area (Å²) in [6.07, 6.45) is 8.00. The third kappa shape index (κ3) is 4.50. The standard InChI is InChI=1S/C12H18BrN3O2S/c1-19(17,18)7-6-16-5-3-2-4-11(16)12-14-8-10(13)9-15-12/h8-9,11H,2-7H2,1H3. The second kappa shape index (κ2) is 6.28. The number of aromatic nitrogens is 2. The Labute approximate surface area is 122 Å². The molecule has 0 radical (unpaired) electrons. The normalized spacial score (nSPS) is 21.5. The van der Waals surface area contributed by atoms with E-state index in [1.807, 2.05) is 0 Å². The van der Waals surface area contributed by atoms with E-state index in [9.17, 15) is 8.42 Å². The van der Waals surface area contributed by atoms with Crippen molar-refractivity contribution in [3.05, 3.63) is 22.7 Å². The molecule has 1 aliphatic heterocycles. The number of hydrogen-bond acceptors (Lipinski definition) is 5. The molecule has 0 spiro atoms. The van der Waals surface area contributed by atoms with Gasteiger partial charge in [-0.2, -0.15) is 0 Å². The minimum atomic E-state index is -2.93. The van der Waals surface area contributed by atoms with E-state index in [-0.39, 0.29) is 11.8 Å². The molecule has 0 bridgehead atoms. The Bertz CT molecular complexity index is 518. The Morgan fingerprint density at radius 1 is 1.37 bits per heavy atom. The van der Waals surface area contributed by atoms with E-state index in [4.69, 9.17) is 0 Å². The molecule has 1 aromatic heterocycles. The van der Waals surface area contributed by atoms with Gasteiger partial charge in [0.15, 0.2) is 0 Å². The number of sulfone groups is 1. The van der Waals surface area contributed by atoms with Gasteiger partial charge in [0.1, 0.15) is 15.7 Å². The minimum Gasteiger partial charge on any atom is -0.292 e. The number of rotatable bonds is 4. The number of halogens is 1. The number of likely N-dealkylation sites (tertiary alicyclic amines) is 1. The second-order valence-corrected chi connectivity index (χ2v) is 8.11. The van der Waals surface area contributed by atoms with Crippen LogP contribution < -0.4 is 0 Å². The van der Waals surface area contributed by atoms with Gasteiger partial charge in [-0.1, -0.05) is 6.42 Å². The Kier molecular flexibility index (Phi) is 4.92. The van der Waals surface area contributed by atoms with Crippen LogP contribution in [0.1, 0.15) is 31.1 Å². The zero-order valence-corrected chi connectivity index (χ0v) is 13.3. The molecule has 1 aliphatic rings. The van der Waals surface area contributed by atoms with E-state index in [1.54, 1.807) is 12.4 Å². The maximum absolute atomic E-state index is 11.3.